The Morgan fingerprint density at radius 3 is 2.53 bits per heavy atom. The Balaban J connectivity index is 1.74. The van der Waals surface area contributed by atoms with Crippen molar-refractivity contribution in [3.05, 3.63) is 0 Å². The number of ether oxygens (including phenoxy) is 1. The molecule has 0 amide bonds. The van der Waals surface area contributed by atoms with E-state index in [0.717, 1.165) is 11.8 Å². The Morgan fingerprint density at radius 2 is 1.79 bits per heavy atom. The van der Waals surface area contributed by atoms with E-state index in [4.69, 9.17) is 4.74 Å². The van der Waals surface area contributed by atoms with Gasteiger partial charge in [0.1, 0.15) is 12.2 Å². The van der Waals surface area contributed by atoms with Crippen molar-refractivity contribution in [3.8, 4) is 0 Å². The third kappa shape index (κ3) is 4.32. The molecule has 2 rings (SSSR count). The molecule has 0 aromatic carbocycles. The molecule has 2 aliphatic carbocycles. The number of rotatable bonds is 5. The average molecular weight is 266 g/mol. The summed E-state index contributed by atoms with van der Waals surface area (Å²) in [6, 6.07) is 0. The lowest BCUT2D eigenvalue weighted by atomic mass is 9.66. The molecule has 0 aromatic rings. The summed E-state index contributed by atoms with van der Waals surface area (Å²) >= 11 is 0. The van der Waals surface area contributed by atoms with Gasteiger partial charge in [0, 0.05) is 6.42 Å². The fourth-order valence-corrected chi connectivity index (χ4v) is 3.92. The molecule has 19 heavy (non-hydrogen) atoms. The van der Waals surface area contributed by atoms with Crippen molar-refractivity contribution in [1.29, 1.82) is 0 Å². The number of ketones is 1. The summed E-state index contributed by atoms with van der Waals surface area (Å²) in [7, 11) is 0. The SMILES string of the molecule is CCOC(=O)CC(=O)CC1CCC2CCCCC2C1. The van der Waals surface area contributed by atoms with Gasteiger partial charge in [-0.1, -0.05) is 25.7 Å². The van der Waals surface area contributed by atoms with E-state index < -0.39 is 0 Å². The monoisotopic (exact) mass is 266 g/mol. The minimum absolute atomic E-state index is 0.0293. The summed E-state index contributed by atoms with van der Waals surface area (Å²) in [4.78, 5) is 23.1. The first kappa shape index (κ1) is 14.5. The van der Waals surface area contributed by atoms with E-state index in [-0.39, 0.29) is 18.2 Å². The maximum atomic E-state index is 11.9. The van der Waals surface area contributed by atoms with Crippen LogP contribution in [0.15, 0.2) is 0 Å². The number of esters is 1. The van der Waals surface area contributed by atoms with Crippen LogP contribution in [-0.4, -0.2) is 18.4 Å². The minimum Gasteiger partial charge on any atom is -0.466 e. The Hall–Kier alpha value is -0.860. The summed E-state index contributed by atoms with van der Waals surface area (Å²) < 4.78 is 4.83. The van der Waals surface area contributed by atoms with Gasteiger partial charge in [-0.05, 0) is 43.9 Å². The third-order valence-electron chi connectivity index (χ3n) is 4.81. The lowest BCUT2D eigenvalue weighted by Crippen LogP contribution is -2.29. The van der Waals surface area contributed by atoms with Gasteiger partial charge in [0.25, 0.3) is 0 Å². The standard InChI is InChI=1S/C16H26O3/c1-2-19-16(18)11-15(17)10-12-7-8-13-5-3-4-6-14(13)9-12/h12-14H,2-11H2,1H3. The lowest BCUT2D eigenvalue weighted by Gasteiger charge is -2.39. The maximum absolute atomic E-state index is 11.9. The lowest BCUT2D eigenvalue weighted by molar-refractivity contribution is -0.145. The van der Waals surface area contributed by atoms with Crippen molar-refractivity contribution in [2.45, 2.75) is 64.7 Å². The highest BCUT2D eigenvalue weighted by molar-refractivity contribution is 5.95. The third-order valence-corrected chi connectivity index (χ3v) is 4.81. The largest absolute Gasteiger partial charge is 0.466 e. The number of hydrogen-bond donors (Lipinski definition) is 0. The van der Waals surface area contributed by atoms with Gasteiger partial charge < -0.3 is 4.74 Å². The van der Waals surface area contributed by atoms with Crippen molar-refractivity contribution in [2.24, 2.45) is 17.8 Å². The number of Topliss-reactive ketones (excluding diaryl/α,β-unsaturated/α-hetero) is 1. The van der Waals surface area contributed by atoms with E-state index in [9.17, 15) is 9.59 Å². The van der Waals surface area contributed by atoms with E-state index in [1.807, 2.05) is 0 Å². The highest BCUT2D eigenvalue weighted by Gasteiger charge is 2.32. The quantitative estimate of drug-likeness (QED) is 0.565. The van der Waals surface area contributed by atoms with Crippen LogP contribution in [0.2, 0.25) is 0 Å². The first-order valence-corrected chi connectivity index (χ1v) is 7.86. The van der Waals surface area contributed by atoms with Crippen LogP contribution in [0.3, 0.4) is 0 Å². The zero-order valence-corrected chi connectivity index (χ0v) is 12.0. The van der Waals surface area contributed by atoms with Crippen molar-refractivity contribution in [2.75, 3.05) is 6.61 Å². The summed E-state index contributed by atoms with van der Waals surface area (Å²) in [6.07, 6.45) is 9.75. The molecule has 108 valence electrons. The number of hydrogen-bond acceptors (Lipinski definition) is 3. The predicted molar refractivity (Wildman–Crippen MR) is 73.7 cm³/mol. The van der Waals surface area contributed by atoms with Crippen LogP contribution in [0.4, 0.5) is 0 Å². The van der Waals surface area contributed by atoms with Gasteiger partial charge >= 0.3 is 5.97 Å². The fraction of sp³-hybridized carbons (Fsp3) is 0.875. The number of carbonyl (C=O) groups is 2. The van der Waals surface area contributed by atoms with Gasteiger partial charge in [-0.15, -0.1) is 0 Å². The first-order valence-electron chi connectivity index (χ1n) is 7.86. The van der Waals surface area contributed by atoms with Crippen LogP contribution in [0.5, 0.6) is 0 Å². The molecule has 0 radical (unpaired) electrons. The van der Waals surface area contributed by atoms with Gasteiger partial charge in [0.2, 0.25) is 0 Å². The molecular formula is C16H26O3. The molecule has 0 aliphatic heterocycles. The molecule has 3 unspecified atom stereocenters. The molecule has 3 heteroatoms. The predicted octanol–water partition coefficient (Wildman–Crippen LogP) is 3.51. The van der Waals surface area contributed by atoms with Crippen LogP contribution in [-0.2, 0) is 14.3 Å². The summed E-state index contributed by atoms with van der Waals surface area (Å²) in [6.45, 7) is 2.13. The van der Waals surface area contributed by atoms with Crippen molar-refractivity contribution in [1.82, 2.24) is 0 Å². The van der Waals surface area contributed by atoms with Crippen molar-refractivity contribution >= 4 is 11.8 Å². The second kappa shape index (κ2) is 7.06. The Labute approximate surface area is 116 Å². The second-order valence-corrected chi connectivity index (χ2v) is 6.21. The summed E-state index contributed by atoms with van der Waals surface area (Å²) in [5.41, 5.74) is 0. The van der Waals surface area contributed by atoms with E-state index in [2.05, 4.69) is 0 Å². The van der Waals surface area contributed by atoms with Crippen molar-refractivity contribution in [3.63, 3.8) is 0 Å². The average Bonchev–Trinajstić information content (AvgIpc) is 2.38. The zero-order chi connectivity index (χ0) is 13.7. The first-order chi connectivity index (χ1) is 9.19. The van der Waals surface area contributed by atoms with E-state index in [1.54, 1.807) is 6.92 Å². The van der Waals surface area contributed by atoms with Crippen LogP contribution in [0, 0.1) is 17.8 Å². The van der Waals surface area contributed by atoms with Crippen LogP contribution < -0.4 is 0 Å². The van der Waals surface area contributed by atoms with Gasteiger partial charge in [-0.3, -0.25) is 9.59 Å². The number of fused-ring (bicyclic) bond motifs is 1. The van der Waals surface area contributed by atoms with Crippen LogP contribution >= 0.6 is 0 Å². The Kier molecular flexibility index (Phi) is 5.41. The van der Waals surface area contributed by atoms with Crippen LogP contribution in [0.1, 0.15) is 64.7 Å². The van der Waals surface area contributed by atoms with Gasteiger partial charge in [-0.25, -0.2) is 0 Å². The normalized spacial score (nSPS) is 30.5. The van der Waals surface area contributed by atoms with Gasteiger partial charge in [0.15, 0.2) is 0 Å². The van der Waals surface area contributed by atoms with E-state index in [1.165, 1.54) is 44.9 Å². The molecule has 0 N–H and O–H groups in total. The molecule has 0 spiro atoms. The Bertz CT molecular complexity index is 324. The summed E-state index contributed by atoms with van der Waals surface area (Å²) in [5, 5.41) is 0. The van der Waals surface area contributed by atoms with E-state index in [0.29, 0.717) is 18.9 Å². The molecule has 2 saturated carbocycles. The topological polar surface area (TPSA) is 43.4 Å². The molecule has 0 bridgehead atoms. The zero-order valence-electron chi connectivity index (χ0n) is 12.0. The molecule has 2 fully saturated rings. The van der Waals surface area contributed by atoms with Gasteiger partial charge in [0.05, 0.1) is 6.61 Å². The smallest absolute Gasteiger partial charge is 0.313 e. The number of carbonyl (C=O) groups excluding carboxylic acids is 2. The second-order valence-electron chi connectivity index (χ2n) is 6.21. The van der Waals surface area contributed by atoms with E-state index >= 15 is 0 Å². The van der Waals surface area contributed by atoms with Gasteiger partial charge in [-0.2, -0.15) is 0 Å². The van der Waals surface area contributed by atoms with Crippen molar-refractivity contribution < 1.29 is 14.3 Å². The molecular weight excluding hydrogens is 240 g/mol. The molecule has 3 nitrogen and oxygen atoms in total. The summed E-state index contributed by atoms with van der Waals surface area (Å²) in [5.74, 6) is 1.99. The maximum Gasteiger partial charge on any atom is 0.313 e. The van der Waals surface area contributed by atoms with Crippen LogP contribution in [0.25, 0.3) is 0 Å². The molecule has 2 aliphatic rings. The fourth-order valence-electron chi connectivity index (χ4n) is 3.92. The molecule has 0 saturated heterocycles. The minimum atomic E-state index is -0.362. The highest BCUT2D eigenvalue weighted by Crippen LogP contribution is 2.43. The Morgan fingerprint density at radius 1 is 1.05 bits per heavy atom. The molecule has 0 aromatic heterocycles. The molecule has 0 heterocycles. The highest BCUT2D eigenvalue weighted by atomic mass is 16.5. The molecule has 3 atom stereocenters.